The number of esters is 1. The molecule has 0 radical (unpaired) electrons. The van der Waals surface area contributed by atoms with E-state index in [2.05, 4.69) is 0 Å². The molecule has 1 fully saturated rings. The number of nitro groups is 1. The molecular weight excluding hydrogens is 260 g/mol. The predicted molar refractivity (Wildman–Crippen MR) is 72.1 cm³/mol. The fourth-order valence-corrected chi connectivity index (χ4v) is 2.42. The largest absolute Gasteiger partial charge is 0.467 e. The number of ether oxygens (including phenoxy) is 1. The van der Waals surface area contributed by atoms with Gasteiger partial charge in [0.1, 0.15) is 6.04 Å². The van der Waals surface area contributed by atoms with Crippen LogP contribution < -0.4 is 0 Å². The quantitative estimate of drug-likeness (QED) is 0.477. The Morgan fingerprint density at radius 3 is 2.80 bits per heavy atom. The summed E-state index contributed by atoms with van der Waals surface area (Å²) in [6.45, 7) is 0.459. The molecule has 1 atom stereocenters. The average Bonchev–Trinajstić information content (AvgIpc) is 2.81. The second-order valence-corrected chi connectivity index (χ2v) is 4.60. The summed E-state index contributed by atoms with van der Waals surface area (Å²) in [5.74, 6) is -0.354. The fraction of sp³-hybridized carbons (Fsp3) is 0.357. The van der Waals surface area contributed by atoms with E-state index in [4.69, 9.17) is 4.74 Å². The molecule has 0 N–H and O–H groups in total. The van der Waals surface area contributed by atoms with Crippen LogP contribution in [0.1, 0.15) is 18.4 Å². The van der Waals surface area contributed by atoms with Crippen LogP contribution in [0.15, 0.2) is 42.2 Å². The van der Waals surface area contributed by atoms with Gasteiger partial charge in [0.05, 0.1) is 17.7 Å². The van der Waals surface area contributed by atoms with Crippen molar-refractivity contribution in [3.05, 3.63) is 57.9 Å². The van der Waals surface area contributed by atoms with Crippen molar-refractivity contribution in [3.8, 4) is 0 Å². The summed E-state index contributed by atoms with van der Waals surface area (Å²) in [5, 5.41) is 10.7. The molecule has 20 heavy (non-hydrogen) atoms. The molecule has 1 saturated heterocycles. The number of hydrogen-bond donors (Lipinski definition) is 0. The zero-order valence-corrected chi connectivity index (χ0v) is 11.2. The van der Waals surface area contributed by atoms with Gasteiger partial charge in [-0.15, -0.1) is 0 Å². The lowest BCUT2D eigenvalue weighted by Crippen LogP contribution is -2.35. The number of rotatable bonds is 4. The Hall–Kier alpha value is -2.37. The van der Waals surface area contributed by atoms with E-state index in [1.165, 1.54) is 7.11 Å². The second kappa shape index (κ2) is 6.18. The predicted octanol–water partition coefficient (Wildman–Crippen LogP) is 1.94. The van der Waals surface area contributed by atoms with Gasteiger partial charge in [-0.3, -0.25) is 10.1 Å². The topological polar surface area (TPSA) is 72.7 Å². The van der Waals surface area contributed by atoms with Crippen molar-refractivity contribution in [2.75, 3.05) is 7.11 Å². The monoisotopic (exact) mass is 276 g/mol. The van der Waals surface area contributed by atoms with E-state index in [0.29, 0.717) is 25.1 Å². The highest BCUT2D eigenvalue weighted by molar-refractivity contribution is 5.76. The van der Waals surface area contributed by atoms with Crippen molar-refractivity contribution in [2.45, 2.75) is 25.4 Å². The SMILES string of the molecule is COC(=O)C1CC/C(=C\[N+](=O)[O-])N1Cc1ccccc1. The lowest BCUT2D eigenvalue weighted by molar-refractivity contribution is -0.404. The highest BCUT2D eigenvalue weighted by atomic mass is 16.6. The summed E-state index contributed by atoms with van der Waals surface area (Å²) in [6.07, 6.45) is 2.03. The summed E-state index contributed by atoms with van der Waals surface area (Å²) < 4.78 is 4.78. The number of likely N-dealkylation sites (tertiary alicyclic amines) is 1. The van der Waals surface area contributed by atoms with Crippen molar-refractivity contribution in [3.63, 3.8) is 0 Å². The molecule has 0 spiro atoms. The third-order valence-corrected chi connectivity index (χ3v) is 3.34. The number of carbonyl (C=O) groups is 1. The third-order valence-electron chi connectivity index (χ3n) is 3.34. The number of nitrogens with zero attached hydrogens (tertiary/aromatic N) is 2. The van der Waals surface area contributed by atoms with Crippen LogP contribution >= 0.6 is 0 Å². The Morgan fingerprint density at radius 1 is 1.50 bits per heavy atom. The number of methoxy groups -OCH3 is 1. The van der Waals surface area contributed by atoms with E-state index in [1.54, 1.807) is 4.90 Å². The van der Waals surface area contributed by atoms with E-state index in [1.807, 2.05) is 30.3 Å². The highest BCUT2D eigenvalue weighted by Crippen LogP contribution is 2.30. The minimum Gasteiger partial charge on any atom is -0.467 e. The van der Waals surface area contributed by atoms with E-state index < -0.39 is 11.0 Å². The molecule has 1 aromatic rings. The fourth-order valence-electron chi connectivity index (χ4n) is 2.42. The van der Waals surface area contributed by atoms with Crippen LogP contribution in [0.4, 0.5) is 0 Å². The van der Waals surface area contributed by atoms with Crippen LogP contribution in [0.25, 0.3) is 0 Å². The standard InChI is InChI=1S/C14H16N2O4/c1-20-14(17)13-8-7-12(10-16(18)19)15(13)9-11-5-3-2-4-6-11/h2-6,10,13H,7-9H2,1H3/b12-10+. The average molecular weight is 276 g/mol. The lowest BCUT2D eigenvalue weighted by Gasteiger charge is -2.25. The van der Waals surface area contributed by atoms with Gasteiger partial charge in [0.2, 0.25) is 0 Å². The molecule has 0 aromatic heterocycles. The third kappa shape index (κ3) is 3.14. The van der Waals surface area contributed by atoms with Crippen LogP contribution in [0, 0.1) is 10.1 Å². The van der Waals surface area contributed by atoms with Crippen LogP contribution in [-0.2, 0) is 16.1 Å². The highest BCUT2D eigenvalue weighted by Gasteiger charge is 2.35. The molecule has 6 nitrogen and oxygen atoms in total. The van der Waals surface area contributed by atoms with Crippen LogP contribution in [0.5, 0.6) is 0 Å². The Morgan fingerprint density at radius 2 is 2.20 bits per heavy atom. The first kappa shape index (κ1) is 14.0. The van der Waals surface area contributed by atoms with E-state index in [0.717, 1.165) is 11.8 Å². The van der Waals surface area contributed by atoms with Gasteiger partial charge in [0.25, 0.3) is 6.20 Å². The van der Waals surface area contributed by atoms with Gasteiger partial charge in [-0.25, -0.2) is 4.79 Å². The zero-order chi connectivity index (χ0) is 14.5. The van der Waals surface area contributed by atoms with Gasteiger partial charge in [-0.05, 0) is 18.4 Å². The summed E-state index contributed by atoms with van der Waals surface area (Å²) in [6, 6.07) is 9.10. The lowest BCUT2D eigenvalue weighted by atomic mass is 10.2. The molecule has 0 bridgehead atoms. The Bertz CT molecular complexity index is 527. The Balaban J connectivity index is 2.24. The molecule has 1 heterocycles. The van der Waals surface area contributed by atoms with E-state index in [-0.39, 0.29) is 5.97 Å². The van der Waals surface area contributed by atoms with Crippen molar-refractivity contribution in [2.24, 2.45) is 0 Å². The Labute approximate surface area is 116 Å². The molecule has 0 amide bonds. The maximum Gasteiger partial charge on any atom is 0.328 e. The maximum absolute atomic E-state index is 11.8. The van der Waals surface area contributed by atoms with Crippen LogP contribution in [0.3, 0.4) is 0 Å². The number of benzene rings is 1. The van der Waals surface area contributed by atoms with Crippen molar-refractivity contribution in [1.82, 2.24) is 4.90 Å². The molecule has 1 aliphatic rings. The van der Waals surface area contributed by atoms with Crippen molar-refractivity contribution in [1.29, 1.82) is 0 Å². The normalized spacial score (nSPS) is 20.1. The van der Waals surface area contributed by atoms with Gasteiger partial charge < -0.3 is 9.64 Å². The number of carbonyl (C=O) groups excluding carboxylic acids is 1. The van der Waals surface area contributed by atoms with Gasteiger partial charge in [0.15, 0.2) is 0 Å². The molecule has 6 heteroatoms. The first-order valence-corrected chi connectivity index (χ1v) is 6.34. The molecule has 0 saturated carbocycles. The van der Waals surface area contributed by atoms with Gasteiger partial charge in [-0.2, -0.15) is 0 Å². The summed E-state index contributed by atoms with van der Waals surface area (Å²) >= 11 is 0. The van der Waals surface area contributed by atoms with Crippen LogP contribution in [0.2, 0.25) is 0 Å². The zero-order valence-electron chi connectivity index (χ0n) is 11.2. The van der Waals surface area contributed by atoms with Crippen molar-refractivity contribution < 1.29 is 14.5 Å². The number of allylic oxidation sites excluding steroid dienone is 1. The van der Waals surface area contributed by atoms with Crippen molar-refractivity contribution >= 4 is 5.97 Å². The van der Waals surface area contributed by atoms with Gasteiger partial charge >= 0.3 is 5.97 Å². The first-order chi connectivity index (χ1) is 9.61. The smallest absolute Gasteiger partial charge is 0.328 e. The molecule has 2 rings (SSSR count). The molecule has 106 valence electrons. The van der Waals surface area contributed by atoms with E-state index >= 15 is 0 Å². The van der Waals surface area contributed by atoms with E-state index in [9.17, 15) is 14.9 Å². The first-order valence-electron chi connectivity index (χ1n) is 6.34. The summed E-state index contributed by atoms with van der Waals surface area (Å²) in [7, 11) is 1.33. The Kier molecular flexibility index (Phi) is 4.34. The molecular formula is C14H16N2O4. The number of hydrogen-bond acceptors (Lipinski definition) is 5. The molecule has 1 unspecified atom stereocenters. The summed E-state index contributed by atoms with van der Waals surface area (Å²) in [4.78, 5) is 23.7. The molecule has 1 aliphatic heterocycles. The van der Waals surface area contributed by atoms with Crippen LogP contribution in [-0.4, -0.2) is 28.9 Å². The minimum absolute atomic E-state index is 0.354. The maximum atomic E-state index is 11.8. The minimum atomic E-state index is -0.479. The van der Waals surface area contributed by atoms with Gasteiger partial charge in [-0.1, -0.05) is 30.3 Å². The molecule has 1 aromatic carbocycles. The second-order valence-electron chi connectivity index (χ2n) is 4.60. The van der Waals surface area contributed by atoms with Gasteiger partial charge in [0, 0.05) is 6.54 Å². The molecule has 0 aliphatic carbocycles. The summed E-state index contributed by atoms with van der Waals surface area (Å²) in [5.41, 5.74) is 1.56.